The lowest BCUT2D eigenvalue weighted by atomic mass is 9.89. The van der Waals surface area contributed by atoms with Gasteiger partial charge in [0, 0.05) is 31.9 Å². The highest BCUT2D eigenvalue weighted by Gasteiger charge is 2.48. The van der Waals surface area contributed by atoms with Crippen molar-refractivity contribution >= 4 is 5.69 Å². The molecule has 0 aliphatic carbocycles. The summed E-state index contributed by atoms with van der Waals surface area (Å²) in [5, 5.41) is 23.7. The molecule has 0 aromatic heterocycles. The lowest BCUT2D eigenvalue weighted by Crippen LogP contribution is -2.46. The number of hydrogen-bond acceptors (Lipinski definition) is 5. The molecule has 2 saturated heterocycles. The van der Waals surface area contributed by atoms with E-state index in [1.54, 1.807) is 0 Å². The van der Waals surface area contributed by atoms with Gasteiger partial charge in [0.1, 0.15) is 6.23 Å². The second kappa shape index (κ2) is 11.1. The Labute approximate surface area is 211 Å². The molecule has 0 bridgehead atoms. The van der Waals surface area contributed by atoms with Gasteiger partial charge in [0.15, 0.2) is 0 Å². The summed E-state index contributed by atoms with van der Waals surface area (Å²) >= 11 is 0. The summed E-state index contributed by atoms with van der Waals surface area (Å²) in [7, 11) is 0. The van der Waals surface area contributed by atoms with Crippen molar-refractivity contribution in [3.05, 3.63) is 54.1 Å². The van der Waals surface area contributed by atoms with Crippen molar-refractivity contribution in [2.45, 2.75) is 51.6 Å². The second-order valence-electron chi connectivity index (χ2n) is 11.0. The fourth-order valence-corrected chi connectivity index (χ4v) is 5.09. The summed E-state index contributed by atoms with van der Waals surface area (Å²) in [5.74, 6) is 0.450. The lowest BCUT2D eigenvalue weighted by molar-refractivity contribution is -0.217. The quantitative estimate of drug-likeness (QED) is 0.465. The lowest BCUT2D eigenvalue weighted by Gasteiger charge is -2.38. The van der Waals surface area contributed by atoms with Crippen molar-refractivity contribution in [3.8, 4) is 11.1 Å². The summed E-state index contributed by atoms with van der Waals surface area (Å²) < 4.78 is 39.5. The molecule has 2 aromatic carbocycles. The minimum atomic E-state index is -4.18. The first-order valence-corrected chi connectivity index (χ1v) is 12.9. The third-order valence-electron chi connectivity index (χ3n) is 7.66. The average Bonchev–Trinajstić information content (AvgIpc) is 3.29. The van der Waals surface area contributed by atoms with Crippen LogP contribution < -0.4 is 5.32 Å². The Kier molecular flexibility index (Phi) is 8.29. The number of benzene rings is 2. The van der Waals surface area contributed by atoms with E-state index in [9.17, 15) is 23.4 Å². The number of rotatable bonds is 8. The first-order chi connectivity index (χ1) is 17.0. The van der Waals surface area contributed by atoms with Gasteiger partial charge < -0.3 is 20.4 Å². The number of anilines is 1. The molecule has 2 fully saturated rings. The first-order valence-electron chi connectivity index (χ1n) is 12.9. The van der Waals surface area contributed by atoms with Crippen molar-refractivity contribution in [1.29, 1.82) is 0 Å². The summed E-state index contributed by atoms with van der Waals surface area (Å²) in [6.45, 7) is 6.01. The topological polar surface area (TPSA) is 59.0 Å². The maximum Gasteiger partial charge on any atom is 0.395 e. The molecular formula is C28H38F3N3O2. The third kappa shape index (κ3) is 6.59. The standard InChI is InChI=1S/C28H38F3N3O2/c1-27(2,28(29,30)31)19-33-14-11-20(12-15-33)17-32-24-9-7-22(8-10-24)21-3-5-23(6-4-21)26(36)34-16-13-25(35)18-34/h3-10,20,25-26,32,35-36H,11-19H2,1-2H3/t25-,26?/m0/s1. The molecule has 2 aromatic rings. The van der Waals surface area contributed by atoms with Crippen LogP contribution in [0.4, 0.5) is 18.9 Å². The Morgan fingerprint density at radius 2 is 1.50 bits per heavy atom. The van der Waals surface area contributed by atoms with Crippen LogP contribution in [-0.2, 0) is 0 Å². The van der Waals surface area contributed by atoms with E-state index in [0.717, 1.165) is 41.8 Å². The molecule has 2 atom stereocenters. The zero-order valence-corrected chi connectivity index (χ0v) is 21.1. The molecule has 36 heavy (non-hydrogen) atoms. The van der Waals surface area contributed by atoms with Gasteiger partial charge in [0.25, 0.3) is 0 Å². The van der Waals surface area contributed by atoms with Gasteiger partial charge in [-0.1, -0.05) is 36.4 Å². The van der Waals surface area contributed by atoms with E-state index in [-0.39, 0.29) is 12.6 Å². The molecule has 0 spiro atoms. The molecule has 0 amide bonds. The number of piperidine rings is 1. The largest absolute Gasteiger partial charge is 0.395 e. The van der Waals surface area contributed by atoms with Crippen LogP contribution in [0.5, 0.6) is 0 Å². The number of β-amino-alcohol motifs (C(OH)–C–C–N with tert-alkyl or cyclic N) is 1. The summed E-state index contributed by atoms with van der Waals surface area (Å²) in [6, 6.07) is 16.1. The molecular weight excluding hydrogens is 467 g/mol. The number of aliphatic hydroxyl groups is 2. The highest BCUT2D eigenvalue weighted by Crippen LogP contribution is 2.38. The predicted octanol–water partition coefficient (Wildman–Crippen LogP) is 5.12. The van der Waals surface area contributed by atoms with Crippen molar-refractivity contribution in [1.82, 2.24) is 9.80 Å². The van der Waals surface area contributed by atoms with Gasteiger partial charge >= 0.3 is 6.18 Å². The molecule has 2 aliphatic heterocycles. The normalized spacial score (nSPS) is 21.6. The van der Waals surface area contributed by atoms with Gasteiger partial charge in [0.2, 0.25) is 0 Å². The second-order valence-corrected chi connectivity index (χ2v) is 11.0. The van der Waals surface area contributed by atoms with E-state index in [0.29, 0.717) is 38.5 Å². The number of hydrogen-bond donors (Lipinski definition) is 3. The molecule has 3 N–H and O–H groups in total. The number of nitrogens with one attached hydrogen (secondary N) is 1. The number of aliphatic hydroxyl groups excluding tert-OH is 2. The van der Waals surface area contributed by atoms with E-state index >= 15 is 0 Å². The Morgan fingerprint density at radius 1 is 0.917 bits per heavy atom. The van der Waals surface area contributed by atoms with Crippen LogP contribution in [0.15, 0.2) is 48.5 Å². The molecule has 0 radical (unpaired) electrons. The number of likely N-dealkylation sites (tertiary alicyclic amines) is 2. The molecule has 2 aliphatic rings. The maximum absolute atomic E-state index is 13.2. The van der Waals surface area contributed by atoms with Crippen LogP contribution in [0, 0.1) is 11.3 Å². The summed E-state index contributed by atoms with van der Waals surface area (Å²) in [4.78, 5) is 3.82. The molecule has 2 heterocycles. The minimum absolute atomic E-state index is 0.0550. The van der Waals surface area contributed by atoms with Gasteiger partial charge in [-0.05, 0) is 80.9 Å². The monoisotopic (exact) mass is 505 g/mol. The summed E-state index contributed by atoms with van der Waals surface area (Å²) in [6.07, 6.45) is -2.77. The van der Waals surface area contributed by atoms with Crippen molar-refractivity contribution in [2.75, 3.05) is 44.6 Å². The van der Waals surface area contributed by atoms with Crippen LogP contribution in [0.2, 0.25) is 0 Å². The van der Waals surface area contributed by atoms with Gasteiger partial charge in [-0.25, -0.2) is 0 Å². The van der Waals surface area contributed by atoms with E-state index in [1.807, 2.05) is 46.2 Å². The first kappa shape index (κ1) is 26.9. The Hall–Kier alpha value is -2.13. The van der Waals surface area contributed by atoms with Crippen molar-refractivity contribution < 1.29 is 23.4 Å². The zero-order chi connectivity index (χ0) is 25.9. The number of nitrogens with zero attached hydrogens (tertiary/aromatic N) is 2. The van der Waals surface area contributed by atoms with Gasteiger partial charge in [0.05, 0.1) is 11.5 Å². The third-order valence-corrected chi connectivity index (χ3v) is 7.66. The highest BCUT2D eigenvalue weighted by molar-refractivity contribution is 5.66. The smallest absolute Gasteiger partial charge is 0.392 e. The van der Waals surface area contributed by atoms with Gasteiger partial charge in [-0.2, -0.15) is 13.2 Å². The van der Waals surface area contributed by atoms with Crippen LogP contribution in [-0.4, -0.2) is 71.6 Å². The Morgan fingerprint density at radius 3 is 2.03 bits per heavy atom. The van der Waals surface area contributed by atoms with E-state index in [2.05, 4.69) is 17.4 Å². The molecule has 8 heteroatoms. The Balaban J connectivity index is 1.24. The average molecular weight is 506 g/mol. The fourth-order valence-electron chi connectivity index (χ4n) is 5.09. The molecule has 1 unspecified atom stereocenters. The van der Waals surface area contributed by atoms with Crippen LogP contribution in [0.3, 0.4) is 0 Å². The number of halogens is 3. The SMILES string of the molecule is CC(C)(CN1CCC(CNc2ccc(-c3ccc(C(O)N4CC[C@H](O)C4)cc3)cc2)CC1)C(F)(F)F. The molecule has 198 valence electrons. The molecule has 5 nitrogen and oxygen atoms in total. The van der Waals surface area contributed by atoms with Crippen molar-refractivity contribution in [2.24, 2.45) is 11.3 Å². The van der Waals surface area contributed by atoms with Crippen LogP contribution in [0.25, 0.3) is 11.1 Å². The van der Waals surface area contributed by atoms with E-state index in [1.165, 1.54) is 13.8 Å². The predicted molar refractivity (Wildman–Crippen MR) is 137 cm³/mol. The minimum Gasteiger partial charge on any atom is -0.392 e. The van der Waals surface area contributed by atoms with Gasteiger partial charge in [-0.15, -0.1) is 0 Å². The highest BCUT2D eigenvalue weighted by atomic mass is 19.4. The Bertz CT molecular complexity index is 971. The maximum atomic E-state index is 13.2. The summed E-state index contributed by atoms with van der Waals surface area (Å²) in [5.41, 5.74) is 2.31. The number of alkyl halides is 3. The fraction of sp³-hybridized carbons (Fsp3) is 0.571. The molecule has 4 rings (SSSR count). The van der Waals surface area contributed by atoms with Crippen molar-refractivity contribution in [3.63, 3.8) is 0 Å². The van der Waals surface area contributed by atoms with Crippen LogP contribution in [0.1, 0.15) is 44.9 Å². The van der Waals surface area contributed by atoms with E-state index in [4.69, 9.17) is 0 Å². The van der Waals surface area contributed by atoms with Crippen LogP contribution >= 0.6 is 0 Å². The molecule has 0 saturated carbocycles. The van der Waals surface area contributed by atoms with E-state index < -0.39 is 17.8 Å². The zero-order valence-electron chi connectivity index (χ0n) is 21.1. The van der Waals surface area contributed by atoms with Gasteiger partial charge in [-0.3, -0.25) is 4.90 Å².